The van der Waals surface area contributed by atoms with Crippen LogP contribution in [-0.4, -0.2) is 62.2 Å². The monoisotopic (exact) mass is 297 g/mol. The lowest BCUT2D eigenvalue weighted by Crippen LogP contribution is -2.51. The van der Waals surface area contributed by atoms with E-state index in [2.05, 4.69) is 22.6 Å². The highest BCUT2D eigenvalue weighted by atomic mass is 16.7. The number of amides is 2. The summed E-state index contributed by atoms with van der Waals surface area (Å²) in [5.41, 5.74) is 0. The Morgan fingerprint density at radius 2 is 1.52 bits per heavy atom. The van der Waals surface area contributed by atoms with Crippen molar-refractivity contribution in [1.82, 2.24) is 15.5 Å². The van der Waals surface area contributed by atoms with Gasteiger partial charge in [0, 0.05) is 24.9 Å². The van der Waals surface area contributed by atoms with Crippen molar-refractivity contribution in [2.24, 2.45) is 0 Å². The number of carbonyl (C=O) groups excluding carboxylic acids is 1. The lowest BCUT2D eigenvalue weighted by Gasteiger charge is -2.36. The van der Waals surface area contributed by atoms with Crippen LogP contribution in [0.25, 0.3) is 0 Å². The molecule has 1 saturated carbocycles. The standard InChI is InChI=1S/C15H27N3O3/c1-18-8-4-13(5-9-18)17-14(19)16-12-2-6-15(7-3-12)20-10-11-21-15/h12-13H,2-11H2,1H3,(H2,16,17,19). The number of nitrogens with one attached hydrogen (secondary N) is 2. The number of hydrogen-bond donors (Lipinski definition) is 2. The molecular formula is C15H27N3O3. The van der Waals surface area contributed by atoms with E-state index in [9.17, 15) is 4.79 Å². The van der Waals surface area contributed by atoms with Crippen molar-refractivity contribution in [1.29, 1.82) is 0 Å². The Bertz CT molecular complexity index is 353. The molecule has 1 aliphatic carbocycles. The topological polar surface area (TPSA) is 62.8 Å². The maximum atomic E-state index is 12.1. The molecule has 3 rings (SSSR count). The third-order valence-electron chi connectivity index (χ3n) is 4.95. The van der Waals surface area contributed by atoms with Gasteiger partial charge in [0.05, 0.1) is 13.2 Å². The molecule has 0 radical (unpaired) electrons. The van der Waals surface area contributed by atoms with Crippen LogP contribution >= 0.6 is 0 Å². The van der Waals surface area contributed by atoms with Crippen LogP contribution in [0.15, 0.2) is 0 Å². The van der Waals surface area contributed by atoms with E-state index in [1.807, 2.05) is 0 Å². The van der Waals surface area contributed by atoms with Crippen molar-refractivity contribution < 1.29 is 14.3 Å². The molecule has 21 heavy (non-hydrogen) atoms. The van der Waals surface area contributed by atoms with Crippen molar-refractivity contribution in [2.45, 2.75) is 56.4 Å². The number of hydrogen-bond acceptors (Lipinski definition) is 4. The number of urea groups is 1. The third-order valence-corrected chi connectivity index (χ3v) is 4.95. The minimum absolute atomic E-state index is 0.0150. The number of ether oxygens (including phenoxy) is 2. The molecule has 6 heteroatoms. The fourth-order valence-corrected chi connectivity index (χ4v) is 3.55. The molecule has 0 unspecified atom stereocenters. The van der Waals surface area contributed by atoms with Crippen molar-refractivity contribution in [3.63, 3.8) is 0 Å². The first-order valence-electron chi connectivity index (χ1n) is 8.19. The molecule has 2 heterocycles. The Labute approximate surface area is 126 Å². The van der Waals surface area contributed by atoms with E-state index >= 15 is 0 Å². The maximum absolute atomic E-state index is 12.1. The van der Waals surface area contributed by atoms with E-state index in [1.165, 1.54) is 0 Å². The molecule has 2 N–H and O–H groups in total. The molecule has 1 spiro atoms. The first-order valence-corrected chi connectivity index (χ1v) is 8.19. The van der Waals surface area contributed by atoms with Crippen LogP contribution in [0.5, 0.6) is 0 Å². The van der Waals surface area contributed by atoms with Crippen LogP contribution in [0.2, 0.25) is 0 Å². The second-order valence-electron chi connectivity index (χ2n) is 6.58. The SMILES string of the molecule is CN1CCC(NC(=O)NC2CCC3(CC2)OCCO3)CC1. The van der Waals surface area contributed by atoms with E-state index in [0.717, 1.165) is 51.6 Å². The van der Waals surface area contributed by atoms with Gasteiger partial charge in [0.15, 0.2) is 5.79 Å². The highest BCUT2D eigenvalue weighted by molar-refractivity contribution is 5.74. The van der Waals surface area contributed by atoms with Crippen LogP contribution < -0.4 is 10.6 Å². The Morgan fingerprint density at radius 3 is 2.10 bits per heavy atom. The van der Waals surface area contributed by atoms with E-state index in [-0.39, 0.29) is 17.9 Å². The van der Waals surface area contributed by atoms with Crippen LogP contribution in [0.3, 0.4) is 0 Å². The van der Waals surface area contributed by atoms with Gasteiger partial charge in [0.1, 0.15) is 0 Å². The van der Waals surface area contributed by atoms with Crippen molar-refractivity contribution in [2.75, 3.05) is 33.4 Å². The van der Waals surface area contributed by atoms with Gasteiger partial charge in [-0.2, -0.15) is 0 Å². The van der Waals surface area contributed by atoms with Gasteiger partial charge < -0.3 is 25.0 Å². The molecule has 120 valence electrons. The summed E-state index contributed by atoms with van der Waals surface area (Å²) in [6.45, 7) is 3.53. The molecule has 0 aromatic carbocycles. The molecule has 2 aliphatic heterocycles. The first kappa shape index (κ1) is 15.1. The predicted octanol–water partition coefficient (Wildman–Crippen LogP) is 1.07. The average molecular weight is 297 g/mol. The highest BCUT2D eigenvalue weighted by Crippen LogP contribution is 2.35. The molecule has 0 atom stereocenters. The van der Waals surface area contributed by atoms with E-state index in [4.69, 9.17) is 9.47 Å². The van der Waals surface area contributed by atoms with Crippen LogP contribution in [0.1, 0.15) is 38.5 Å². The molecule has 2 amide bonds. The molecule has 3 fully saturated rings. The number of nitrogens with zero attached hydrogens (tertiary/aromatic N) is 1. The van der Waals surface area contributed by atoms with Crippen molar-refractivity contribution >= 4 is 6.03 Å². The lowest BCUT2D eigenvalue weighted by molar-refractivity contribution is -0.179. The van der Waals surface area contributed by atoms with Gasteiger partial charge in [-0.25, -0.2) is 4.79 Å². The van der Waals surface area contributed by atoms with Crippen molar-refractivity contribution in [3.05, 3.63) is 0 Å². The third kappa shape index (κ3) is 3.87. The second kappa shape index (κ2) is 6.50. The summed E-state index contributed by atoms with van der Waals surface area (Å²) in [6.07, 6.45) is 5.71. The Morgan fingerprint density at radius 1 is 1.00 bits per heavy atom. The van der Waals surface area contributed by atoms with Crippen LogP contribution in [-0.2, 0) is 9.47 Å². The summed E-state index contributed by atoms with van der Waals surface area (Å²) in [4.78, 5) is 14.4. The first-order chi connectivity index (χ1) is 10.2. The Balaban J connectivity index is 1.38. The zero-order chi connectivity index (χ0) is 14.7. The van der Waals surface area contributed by atoms with E-state index < -0.39 is 0 Å². The summed E-state index contributed by atoms with van der Waals surface area (Å²) >= 11 is 0. The Kier molecular flexibility index (Phi) is 4.66. The molecule has 6 nitrogen and oxygen atoms in total. The zero-order valence-corrected chi connectivity index (χ0v) is 12.9. The molecule has 2 saturated heterocycles. The largest absolute Gasteiger partial charge is 0.348 e. The Hall–Kier alpha value is -0.850. The zero-order valence-electron chi connectivity index (χ0n) is 12.9. The summed E-state index contributed by atoms with van der Waals surface area (Å²) < 4.78 is 11.4. The van der Waals surface area contributed by atoms with Gasteiger partial charge in [-0.3, -0.25) is 0 Å². The number of carbonyl (C=O) groups is 1. The van der Waals surface area contributed by atoms with Crippen molar-refractivity contribution in [3.8, 4) is 0 Å². The predicted molar refractivity (Wildman–Crippen MR) is 79.1 cm³/mol. The smallest absolute Gasteiger partial charge is 0.315 e. The molecular weight excluding hydrogens is 270 g/mol. The van der Waals surface area contributed by atoms with Gasteiger partial charge in [-0.1, -0.05) is 0 Å². The van der Waals surface area contributed by atoms with E-state index in [0.29, 0.717) is 19.3 Å². The van der Waals surface area contributed by atoms with Gasteiger partial charge >= 0.3 is 6.03 Å². The van der Waals surface area contributed by atoms with Gasteiger partial charge in [0.25, 0.3) is 0 Å². The fourth-order valence-electron chi connectivity index (χ4n) is 3.55. The average Bonchev–Trinajstić information content (AvgIpc) is 2.93. The van der Waals surface area contributed by atoms with Crippen LogP contribution in [0.4, 0.5) is 4.79 Å². The second-order valence-corrected chi connectivity index (χ2v) is 6.58. The lowest BCUT2D eigenvalue weighted by atomic mass is 9.90. The molecule has 0 aromatic heterocycles. The van der Waals surface area contributed by atoms with Gasteiger partial charge in [0.2, 0.25) is 0 Å². The van der Waals surface area contributed by atoms with E-state index in [1.54, 1.807) is 0 Å². The summed E-state index contributed by atoms with van der Waals surface area (Å²) in [6, 6.07) is 0.547. The summed E-state index contributed by atoms with van der Waals surface area (Å²) in [7, 11) is 2.13. The fraction of sp³-hybridized carbons (Fsp3) is 0.933. The summed E-state index contributed by atoms with van der Waals surface area (Å²) in [5.74, 6) is -0.345. The highest BCUT2D eigenvalue weighted by Gasteiger charge is 2.40. The number of rotatable bonds is 2. The molecule has 3 aliphatic rings. The van der Waals surface area contributed by atoms with Gasteiger partial charge in [-0.15, -0.1) is 0 Å². The number of piperidine rings is 1. The summed E-state index contributed by atoms with van der Waals surface area (Å²) in [5, 5.41) is 6.22. The number of likely N-dealkylation sites (tertiary alicyclic amines) is 1. The van der Waals surface area contributed by atoms with Crippen LogP contribution in [0, 0.1) is 0 Å². The van der Waals surface area contributed by atoms with Gasteiger partial charge in [-0.05, 0) is 45.8 Å². The normalized spacial score (nSPS) is 27.9. The minimum Gasteiger partial charge on any atom is -0.348 e. The maximum Gasteiger partial charge on any atom is 0.315 e. The quantitative estimate of drug-likeness (QED) is 0.800. The minimum atomic E-state index is -0.345. The molecule has 0 aromatic rings. The molecule has 0 bridgehead atoms.